The summed E-state index contributed by atoms with van der Waals surface area (Å²) in [5.41, 5.74) is 2.89. The Morgan fingerprint density at radius 1 is 1.22 bits per heavy atom. The zero-order valence-corrected chi connectivity index (χ0v) is 19.1. The molecule has 7 nitrogen and oxygen atoms in total. The number of nitrogens with zero attached hydrogens (tertiary/aromatic N) is 2. The molecule has 8 heteroatoms. The van der Waals surface area contributed by atoms with Crippen LogP contribution < -0.4 is 19.7 Å². The van der Waals surface area contributed by atoms with Gasteiger partial charge in [0, 0.05) is 6.04 Å². The van der Waals surface area contributed by atoms with E-state index in [1.54, 1.807) is 11.0 Å². The van der Waals surface area contributed by atoms with Gasteiger partial charge in [0.15, 0.2) is 16.7 Å². The van der Waals surface area contributed by atoms with Gasteiger partial charge in [-0.1, -0.05) is 42.4 Å². The Kier molecular flexibility index (Phi) is 6.50. The van der Waals surface area contributed by atoms with Gasteiger partial charge in [0.2, 0.25) is 12.7 Å². The number of aryl methyl sites for hydroxylation is 1. The highest BCUT2D eigenvalue weighted by molar-refractivity contribution is 8.14. The number of thioether (sulfide) groups is 1. The van der Waals surface area contributed by atoms with Gasteiger partial charge in [-0.2, -0.15) is 0 Å². The number of anilines is 1. The quantitative estimate of drug-likeness (QED) is 0.669. The molecule has 2 aromatic carbocycles. The Morgan fingerprint density at radius 3 is 2.72 bits per heavy atom. The molecule has 2 aliphatic rings. The number of hydrogen-bond acceptors (Lipinski definition) is 6. The molecule has 2 amide bonds. The van der Waals surface area contributed by atoms with E-state index < -0.39 is 0 Å². The van der Waals surface area contributed by atoms with Gasteiger partial charge < -0.3 is 14.8 Å². The first-order valence-corrected chi connectivity index (χ1v) is 11.5. The van der Waals surface area contributed by atoms with Crippen LogP contribution in [0.5, 0.6) is 11.5 Å². The van der Waals surface area contributed by atoms with Crippen molar-refractivity contribution in [2.24, 2.45) is 4.99 Å². The fourth-order valence-electron chi connectivity index (χ4n) is 3.22. The first-order chi connectivity index (χ1) is 15.4. The van der Waals surface area contributed by atoms with Crippen LogP contribution >= 0.6 is 11.8 Å². The molecule has 1 atom stereocenters. The molecule has 166 valence electrons. The largest absolute Gasteiger partial charge is 0.454 e. The van der Waals surface area contributed by atoms with E-state index in [0.717, 1.165) is 17.5 Å². The van der Waals surface area contributed by atoms with E-state index in [0.29, 0.717) is 28.1 Å². The summed E-state index contributed by atoms with van der Waals surface area (Å²) in [7, 11) is 0. The predicted molar refractivity (Wildman–Crippen MR) is 127 cm³/mol. The molecule has 0 aromatic heterocycles. The molecule has 0 saturated carbocycles. The topological polar surface area (TPSA) is 80.2 Å². The predicted octanol–water partition coefficient (Wildman–Crippen LogP) is 4.12. The summed E-state index contributed by atoms with van der Waals surface area (Å²) in [5, 5.41) is 3.42. The number of amides is 2. The van der Waals surface area contributed by atoms with Gasteiger partial charge in [-0.05, 0) is 56.2 Å². The lowest BCUT2D eigenvalue weighted by atomic mass is 10.1. The summed E-state index contributed by atoms with van der Waals surface area (Å²) in [6, 6.07) is 13.2. The van der Waals surface area contributed by atoms with Gasteiger partial charge in [-0.15, -0.1) is 0 Å². The normalized spacial score (nSPS) is 17.0. The molecule has 0 spiro atoms. The molecule has 0 saturated heterocycles. The summed E-state index contributed by atoms with van der Waals surface area (Å²) in [5.74, 6) is 1.17. The molecule has 0 radical (unpaired) electrons. The molecule has 2 aromatic rings. The molecule has 32 heavy (non-hydrogen) atoms. The second-order valence-electron chi connectivity index (χ2n) is 7.68. The highest BCUT2D eigenvalue weighted by Crippen LogP contribution is 2.34. The maximum absolute atomic E-state index is 13.3. The lowest BCUT2D eigenvalue weighted by molar-refractivity contribution is -0.119. The fraction of sp³-hybridized carbons (Fsp3) is 0.292. The lowest BCUT2D eigenvalue weighted by Gasteiger charge is -2.18. The molecule has 2 aliphatic heterocycles. The van der Waals surface area contributed by atoms with Gasteiger partial charge in [0.25, 0.3) is 5.91 Å². The van der Waals surface area contributed by atoms with E-state index in [2.05, 4.69) is 10.3 Å². The fourth-order valence-corrected chi connectivity index (χ4v) is 4.05. The number of benzene rings is 2. The molecule has 2 heterocycles. The minimum atomic E-state index is -0.239. The average Bonchev–Trinajstić information content (AvgIpc) is 3.37. The number of carbonyl (C=O) groups excluding carboxylic acids is 2. The van der Waals surface area contributed by atoms with Gasteiger partial charge >= 0.3 is 0 Å². The molecular weight excluding hydrogens is 426 g/mol. The summed E-state index contributed by atoms with van der Waals surface area (Å²) in [6.07, 6.45) is 2.58. The second kappa shape index (κ2) is 9.48. The maximum Gasteiger partial charge on any atom is 0.283 e. The van der Waals surface area contributed by atoms with E-state index >= 15 is 0 Å². The summed E-state index contributed by atoms with van der Waals surface area (Å²) in [6.45, 7) is 6.16. The van der Waals surface area contributed by atoms with Crippen LogP contribution in [0.3, 0.4) is 0 Å². The van der Waals surface area contributed by atoms with Crippen molar-refractivity contribution in [3.8, 4) is 11.5 Å². The van der Waals surface area contributed by atoms with Crippen molar-refractivity contribution in [1.29, 1.82) is 0 Å². The molecule has 0 bridgehead atoms. The molecule has 0 unspecified atom stereocenters. The molecule has 4 rings (SSSR count). The van der Waals surface area contributed by atoms with E-state index in [1.165, 1.54) is 11.8 Å². The Morgan fingerprint density at radius 2 is 1.97 bits per heavy atom. The molecule has 0 aliphatic carbocycles. The highest BCUT2D eigenvalue weighted by atomic mass is 32.2. The van der Waals surface area contributed by atoms with Crippen LogP contribution in [0.15, 0.2) is 53.2 Å². The zero-order chi connectivity index (χ0) is 22.7. The van der Waals surface area contributed by atoms with Crippen LogP contribution in [-0.4, -0.2) is 35.6 Å². The van der Waals surface area contributed by atoms with Crippen molar-refractivity contribution in [3.63, 3.8) is 0 Å². The first-order valence-electron chi connectivity index (χ1n) is 10.5. The van der Waals surface area contributed by atoms with Gasteiger partial charge in [-0.3, -0.25) is 14.5 Å². The summed E-state index contributed by atoms with van der Waals surface area (Å²) in [4.78, 5) is 31.7. The molecule has 1 N–H and O–H groups in total. The third-order valence-electron chi connectivity index (χ3n) is 5.17. The Bertz CT molecular complexity index is 1090. The number of fused-ring (bicyclic) bond motifs is 1. The number of ether oxygens (including phenoxy) is 2. The standard InChI is InChI=1S/C24H25N3O4S/c1-4-16(3)25-22(28)13-32-24-26-19(11-17-7-10-20-21(12-17)31-14-30-20)23(29)27(24)18-8-5-15(2)6-9-18/h5-12,16H,4,13-14H2,1-3H3,(H,25,28)/b19-11-/t16-/m1/s1. The minimum absolute atomic E-state index is 0.0865. The van der Waals surface area contributed by atoms with Crippen molar-refractivity contribution < 1.29 is 19.1 Å². The van der Waals surface area contributed by atoms with Crippen molar-refractivity contribution in [1.82, 2.24) is 5.32 Å². The number of hydrogen-bond donors (Lipinski definition) is 1. The van der Waals surface area contributed by atoms with Crippen LogP contribution in [-0.2, 0) is 9.59 Å². The van der Waals surface area contributed by atoms with E-state index in [9.17, 15) is 9.59 Å². The smallest absolute Gasteiger partial charge is 0.283 e. The van der Waals surface area contributed by atoms with Gasteiger partial charge in [-0.25, -0.2) is 4.99 Å². The third-order valence-corrected chi connectivity index (χ3v) is 6.11. The van der Waals surface area contributed by atoms with E-state index in [4.69, 9.17) is 9.47 Å². The van der Waals surface area contributed by atoms with Gasteiger partial charge in [0.1, 0.15) is 5.70 Å². The lowest BCUT2D eigenvalue weighted by Crippen LogP contribution is -2.35. The molecule has 0 fully saturated rings. The average molecular weight is 452 g/mol. The van der Waals surface area contributed by atoms with Crippen molar-refractivity contribution in [3.05, 3.63) is 59.3 Å². The Balaban J connectivity index is 1.60. The number of nitrogens with one attached hydrogen (secondary N) is 1. The zero-order valence-electron chi connectivity index (χ0n) is 18.3. The van der Waals surface area contributed by atoms with Crippen molar-refractivity contribution in [2.75, 3.05) is 17.4 Å². The highest BCUT2D eigenvalue weighted by Gasteiger charge is 2.32. The molecular formula is C24H25N3O4S. The summed E-state index contributed by atoms with van der Waals surface area (Å²) < 4.78 is 10.8. The van der Waals surface area contributed by atoms with Crippen LogP contribution in [0.2, 0.25) is 0 Å². The SMILES string of the molecule is CC[C@@H](C)NC(=O)CSC1=N/C(=C\c2ccc3c(c2)OCO3)C(=O)N1c1ccc(C)cc1. The van der Waals surface area contributed by atoms with Crippen LogP contribution in [0.1, 0.15) is 31.4 Å². The van der Waals surface area contributed by atoms with E-state index in [-0.39, 0.29) is 30.4 Å². The number of amidine groups is 1. The van der Waals surface area contributed by atoms with Crippen LogP contribution in [0, 0.1) is 6.92 Å². The van der Waals surface area contributed by atoms with Crippen molar-refractivity contribution >= 4 is 40.5 Å². The van der Waals surface area contributed by atoms with Crippen LogP contribution in [0.4, 0.5) is 5.69 Å². The Hall–Kier alpha value is -3.26. The second-order valence-corrected chi connectivity index (χ2v) is 8.62. The monoisotopic (exact) mass is 451 g/mol. The minimum Gasteiger partial charge on any atom is -0.454 e. The number of rotatable bonds is 6. The van der Waals surface area contributed by atoms with Crippen LogP contribution in [0.25, 0.3) is 6.08 Å². The van der Waals surface area contributed by atoms with Crippen molar-refractivity contribution in [2.45, 2.75) is 33.2 Å². The third kappa shape index (κ3) is 4.80. The maximum atomic E-state index is 13.3. The van der Waals surface area contributed by atoms with Gasteiger partial charge in [0.05, 0.1) is 11.4 Å². The Labute approximate surface area is 191 Å². The summed E-state index contributed by atoms with van der Waals surface area (Å²) >= 11 is 1.25. The first kappa shape index (κ1) is 22.0. The van der Waals surface area contributed by atoms with E-state index in [1.807, 2.05) is 63.2 Å². The number of aliphatic imine (C=N–C) groups is 1. The number of carbonyl (C=O) groups is 2.